The number of hydrogen-bond donors (Lipinski definition) is 1. The molecule has 1 aromatic rings. The van der Waals surface area contributed by atoms with Gasteiger partial charge in [0, 0.05) is 5.92 Å². The minimum atomic E-state index is 0.250. The van der Waals surface area contributed by atoms with Crippen molar-refractivity contribution in [2.45, 2.75) is 18.8 Å². The molecule has 0 spiro atoms. The Hall–Kier alpha value is -0.870. The predicted octanol–water partition coefficient (Wildman–Crippen LogP) is 1.76. The van der Waals surface area contributed by atoms with Crippen LogP contribution in [0.15, 0.2) is 6.20 Å². The summed E-state index contributed by atoms with van der Waals surface area (Å²) in [6.07, 6.45) is 4.15. The van der Waals surface area contributed by atoms with Gasteiger partial charge in [-0.2, -0.15) is 0 Å². The van der Waals surface area contributed by atoms with E-state index in [1.54, 1.807) is 6.20 Å². The van der Waals surface area contributed by atoms with Gasteiger partial charge in [0.05, 0.1) is 11.9 Å². The Kier molecular flexibility index (Phi) is 4.10. The minimum absolute atomic E-state index is 0.250. The van der Waals surface area contributed by atoms with E-state index in [1.807, 2.05) is 0 Å². The molecule has 1 amide bonds. The Bertz CT molecular complexity index is 328. The molecule has 4 nitrogen and oxygen atoms in total. The number of nitrogens with zero attached hydrogens (tertiary/aromatic N) is 2. The molecule has 0 radical (unpaired) electrons. The first-order valence-corrected chi connectivity index (χ1v) is 4.78. The fourth-order valence-corrected chi connectivity index (χ4v) is 1.46. The van der Waals surface area contributed by atoms with Crippen molar-refractivity contribution >= 4 is 29.6 Å². The first-order chi connectivity index (χ1) is 6.69. The molecule has 1 fully saturated rings. The van der Waals surface area contributed by atoms with Gasteiger partial charge >= 0.3 is 0 Å². The normalized spacial score (nSPS) is 14.1. The zero-order valence-corrected chi connectivity index (χ0v) is 8.79. The Morgan fingerprint density at radius 2 is 2.07 bits per heavy atom. The molecular weight excluding hydrogens is 225 g/mol. The standard InChI is InChI=1S/C7H6Cl2N2.CH3NO/c8-5-3-10-6(4-1-2-4)7(9)11-5;2-1-3/h3-4H,1-2H2;1H,(H2,2,3). The quantitative estimate of drug-likeness (QED) is 0.752. The summed E-state index contributed by atoms with van der Waals surface area (Å²) in [5.41, 5.74) is 5.07. The van der Waals surface area contributed by atoms with Gasteiger partial charge < -0.3 is 5.73 Å². The molecule has 6 heteroatoms. The average molecular weight is 234 g/mol. The predicted molar refractivity (Wildman–Crippen MR) is 54.3 cm³/mol. The van der Waals surface area contributed by atoms with Gasteiger partial charge in [-0.1, -0.05) is 23.2 Å². The van der Waals surface area contributed by atoms with Gasteiger partial charge in [-0.3, -0.25) is 9.78 Å². The molecule has 0 aliphatic heterocycles. The lowest BCUT2D eigenvalue weighted by Gasteiger charge is -1.98. The SMILES string of the molecule is Clc1cnc(C2CC2)c(Cl)n1.NC=O. The Morgan fingerprint density at radius 3 is 2.50 bits per heavy atom. The van der Waals surface area contributed by atoms with Crippen molar-refractivity contribution in [2.75, 3.05) is 0 Å². The first kappa shape index (κ1) is 11.2. The third-order valence-electron chi connectivity index (χ3n) is 1.69. The van der Waals surface area contributed by atoms with Crippen molar-refractivity contribution in [1.29, 1.82) is 0 Å². The molecule has 0 saturated heterocycles. The van der Waals surface area contributed by atoms with E-state index in [0.29, 0.717) is 16.2 Å². The van der Waals surface area contributed by atoms with Crippen LogP contribution in [-0.2, 0) is 4.79 Å². The maximum absolute atomic E-state index is 8.58. The number of aromatic nitrogens is 2. The zero-order chi connectivity index (χ0) is 10.6. The van der Waals surface area contributed by atoms with Crippen molar-refractivity contribution in [3.8, 4) is 0 Å². The number of primary amides is 1. The van der Waals surface area contributed by atoms with E-state index in [2.05, 4.69) is 15.7 Å². The van der Waals surface area contributed by atoms with E-state index >= 15 is 0 Å². The number of rotatable bonds is 1. The van der Waals surface area contributed by atoms with E-state index in [4.69, 9.17) is 28.0 Å². The third-order valence-corrected chi connectivity index (χ3v) is 2.15. The first-order valence-electron chi connectivity index (χ1n) is 4.02. The summed E-state index contributed by atoms with van der Waals surface area (Å²) in [7, 11) is 0. The van der Waals surface area contributed by atoms with Gasteiger partial charge in [-0.15, -0.1) is 0 Å². The number of hydrogen-bond acceptors (Lipinski definition) is 3. The smallest absolute Gasteiger partial charge is 0.204 e. The van der Waals surface area contributed by atoms with Crippen LogP contribution in [-0.4, -0.2) is 16.4 Å². The second kappa shape index (κ2) is 5.12. The second-order valence-electron chi connectivity index (χ2n) is 2.78. The zero-order valence-electron chi connectivity index (χ0n) is 7.28. The van der Waals surface area contributed by atoms with Crippen LogP contribution < -0.4 is 5.73 Å². The summed E-state index contributed by atoms with van der Waals surface area (Å²) in [5, 5.41) is 0.819. The number of amides is 1. The van der Waals surface area contributed by atoms with Crippen LogP contribution in [0.25, 0.3) is 0 Å². The van der Waals surface area contributed by atoms with Gasteiger partial charge in [-0.25, -0.2) is 4.98 Å². The van der Waals surface area contributed by atoms with Crippen LogP contribution in [0.4, 0.5) is 0 Å². The summed E-state index contributed by atoms with van der Waals surface area (Å²) < 4.78 is 0. The largest absolute Gasteiger partial charge is 0.372 e. The van der Waals surface area contributed by atoms with Gasteiger partial charge in [0.25, 0.3) is 0 Å². The van der Waals surface area contributed by atoms with Gasteiger partial charge in [0.1, 0.15) is 5.15 Å². The lowest BCUT2D eigenvalue weighted by molar-refractivity contribution is -0.106. The van der Waals surface area contributed by atoms with Crippen molar-refractivity contribution < 1.29 is 4.79 Å². The highest BCUT2D eigenvalue weighted by molar-refractivity contribution is 6.32. The lowest BCUT2D eigenvalue weighted by Crippen LogP contribution is -1.90. The molecule has 0 bridgehead atoms. The number of carbonyl (C=O) groups excluding carboxylic acids is 1. The monoisotopic (exact) mass is 233 g/mol. The highest BCUT2D eigenvalue weighted by atomic mass is 35.5. The van der Waals surface area contributed by atoms with Crippen molar-refractivity contribution in [3.63, 3.8) is 0 Å². The fraction of sp³-hybridized carbons (Fsp3) is 0.375. The van der Waals surface area contributed by atoms with E-state index in [1.165, 1.54) is 12.8 Å². The summed E-state index contributed by atoms with van der Waals surface area (Å²) >= 11 is 11.4. The molecule has 1 aliphatic rings. The third kappa shape index (κ3) is 3.12. The van der Waals surface area contributed by atoms with Crippen molar-refractivity contribution in [2.24, 2.45) is 5.73 Å². The van der Waals surface area contributed by atoms with Crippen LogP contribution in [0.2, 0.25) is 10.3 Å². The summed E-state index contributed by atoms with van der Waals surface area (Å²) in [6.45, 7) is 0. The molecule has 14 heavy (non-hydrogen) atoms. The van der Waals surface area contributed by atoms with Crippen LogP contribution in [0.5, 0.6) is 0 Å². The van der Waals surface area contributed by atoms with E-state index < -0.39 is 0 Å². The molecule has 2 N–H and O–H groups in total. The Labute approximate surface area is 91.4 Å². The van der Waals surface area contributed by atoms with Crippen LogP contribution in [0.3, 0.4) is 0 Å². The number of carbonyl (C=O) groups is 1. The molecule has 2 rings (SSSR count). The molecule has 1 saturated carbocycles. The molecule has 1 heterocycles. The van der Waals surface area contributed by atoms with Crippen LogP contribution >= 0.6 is 23.2 Å². The van der Waals surface area contributed by atoms with Crippen LogP contribution in [0.1, 0.15) is 24.5 Å². The van der Waals surface area contributed by atoms with E-state index in [-0.39, 0.29) is 6.41 Å². The van der Waals surface area contributed by atoms with E-state index in [0.717, 1.165) is 5.69 Å². The molecule has 0 aromatic carbocycles. The molecular formula is C8H9Cl2N3O. The van der Waals surface area contributed by atoms with Gasteiger partial charge in [0.15, 0.2) is 5.15 Å². The highest BCUT2D eigenvalue weighted by Gasteiger charge is 2.27. The van der Waals surface area contributed by atoms with Crippen molar-refractivity contribution in [3.05, 3.63) is 22.2 Å². The van der Waals surface area contributed by atoms with Gasteiger partial charge in [0.2, 0.25) is 6.41 Å². The average Bonchev–Trinajstić information content (AvgIpc) is 2.88. The molecule has 76 valence electrons. The van der Waals surface area contributed by atoms with E-state index in [9.17, 15) is 0 Å². The highest BCUT2D eigenvalue weighted by Crippen LogP contribution is 2.41. The second-order valence-corrected chi connectivity index (χ2v) is 3.52. The topological polar surface area (TPSA) is 68.9 Å². The number of halogens is 2. The summed E-state index contributed by atoms with van der Waals surface area (Å²) in [5.74, 6) is 0.535. The molecule has 1 aliphatic carbocycles. The van der Waals surface area contributed by atoms with Crippen molar-refractivity contribution in [1.82, 2.24) is 9.97 Å². The molecule has 0 atom stereocenters. The number of nitrogens with two attached hydrogens (primary N) is 1. The summed E-state index contributed by atoms with van der Waals surface area (Å²) in [6, 6.07) is 0. The summed E-state index contributed by atoms with van der Waals surface area (Å²) in [4.78, 5) is 16.6. The Balaban J connectivity index is 0.000000293. The van der Waals surface area contributed by atoms with Crippen LogP contribution in [0, 0.1) is 0 Å². The fourth-order valence-electron chi connectivity index (χ4n) is 0.987. The maximum Gasteiger partial charge on any atom is 0.204 e. The Morgan fingerprint density at radius 1 is 1.50 bits per heavy atom. The lowest BCUT2D eigenvalue weighted by atomic mass is 10.3. The van der Waals surface area contributed by atoms with Gasteiger partial charge in [-0.05, 0) is 12.8 Å². The minimum Gasteiger partial charge on any atom is -0.372 e. The molecule has 1 aromatic heterocycles. The maximum atomic E-state index is 8.58. The molecule has 0 unspecified atom stereocenters.